The molecule has 0 aromatic carbocycles. The van der Waals surface area contributed by atoms with Gasteiger partial charge in [0.25, 0.3) is 0 Å². The first-order valence-electron chi connectivity index (χ1n) is 4.00. The molecule has 0 heterocycles. The molecule has 0 amide bonds. The number of hydrogen-bond acceptors (Lipinski definition) is 1. The van der Waals surface area contributed by atoms with E-state index in [0.29, 0.717) is 4.83 Å². The van der Waals surface area contributed by atoms with E-state index in [4.69, 9.17) is 5.11 Å². The lowest BCUT2D eigenvalue weighted by molar-refractivity contribution is 0.189. The summed E-state index contributed by atoms with van der Waals surface area (Å²) in [6.07, 6.45) is 4.62. The topological polar surface area (TPSA) is 20.2 Å². The highest BCUT2D eigenvalue weighted by Crippen LogP contribution is 2.14. The Morgan fingerprint density at radius 3 is 2.40 bits per heavy atom. The van der Waals surface area contributed by atoms with Crippen LogP contribution in [0.2, 0.25) is 0 Å². The average Bonchev–Trinajstić information content (AvgIpc) is 1.88. The van der Waals surface area contributed by atoms with Crippen LogP contribution >= 0.6 is 15.9 Å². The fourth-order valence-electron chi connectivity index (χ4n) is 0.831. The number of aliphatic hydroxyl groups excluding tert-OH is 1. The van der Waals surface area contributed by atoms with Gasteiger partial charge < -0.3 is 5.11 Å². The highest BCUT2D eigenvalue weighted by molar-refractivity contribution is 9.09. The van der Waals surface area contributed by atoms with Crippen molar-refractivity contribution in [2.75, 3.05) is 0 Å². The average molecular weight is 209 g/mol. The van der Waals surface area contributed by atoms with Gasteiger partial charge in [0.1, 0.15) is 0 Å². The Kier molecular flexibility index (Phi) is 6.44. The highest BCUT2D eigenvalue weighted by Gasteiger charge is 2.08. The Bertz CT molecular complexity index is 73.7. The van der Waals surface area contributed by atoms with Gasteiger partial charge in [0, 0.05) is 4.83 Å². The zero-order chi connectivity index (χ0) is 7.98. The molecular formula is C8H17BrO. The van der Waals surface area contributed by atoms with Crippen LogP contribution in [0, 0.1) is 0 Å². The van der Waals surface area contributed by atoms with Crippen LogP contribution in [0.15, 0.2) is 0 Å². The van der Waals surface area contributed by atoms with Gasteiger partial charge in [-0.3, -0.25) is 0 Å². The van der Waals surface area contributed by atoms with E-state index in [0.717, 1.165) is 6.42 Å². The van der Waals surface area contributed by atoms with Gasteiger partial charge in [-0.15, -0.1) is 0 Å². The molecular weight excluding hydrogens is 192 g/mol. The second kappa shape index (κ2) is 6.17. The molecule has 2 atom stereocenters. The Hall–Kier alpha value is 0.440. The Morgan fingerprint density at radius 1 is 1.40 bits per heavy atom. The monoisotopic (exact) mass is 208 g/mol. The van der Waals surface area contributed by atoms with E-state index in [9.17, 15) is 0 Å². The van der Waals surface area contributed by atoms with Crippen LogP contribution < -0.4 is 0 Å². The molecule has 0 aliphatic carbocycles. The van der Waals surface area contributed by atoms with Gasteiger partial charge in [-0.25, -0.2) is 0 Å². The number of aliphatic hydroxyl groups is 1. The molecule has 1 N–H and O–H groups in total. The number of halogens is 1. The summed E-state index contributed by atoms with van der Waals surface area (Å²) in [5.41, 5.74) is 0. The van der Waals surface area contributed by atoms with Gasteiger partial charge in [0.05, 0.1) is 6.10 Å². The fraction of sp³-hybridized carbons (Fsp3) is 1.00. The predicted octanol–water partition coefficient (Wildman–Crippen LogP) is 2.71. The lowest BCUT2D eigenvalue weighted by atomic mass is 10.1. The van der Waals surface area contributed by atoms with Crippen molar-refractivity contribution in [3.63, 3.8) is 0 Å². The second-order valence-corrected chi connectivity index (χ2v) is 3.93. The van der Waals surface area contributed by atoms with Crippen molar-refractivity contribution < 1.29 is 5.11 Å². The summed E-state index contributed by atoms with van der Waals surface area (Å²) in [5, 5.41) is 9.07. The van der Waals surface area contributed by atoms with Crippen molar-refractivity contribution in [3.05, 3.63) is 0 Å². The van der Waals surface area contributed by atoms with Gasteiger partial charge in [0.15, 0.2) is 0 Å². The molecule has 0 aromatic rings. The number of alkyl halides is 1. The molecule has 0 aromatic heterocycles. The Balaban J connectivity index is 3.13. The predicted molar refractivity (Wildman–Crippen MR) is 48.5 cm³/mol. The molecule has 0 aliphatic heterocycles. The zero-order valence-corrected chi connectivity index (χ0v) is 8.39. The van der Waals surface area contributed by atoms with Crippen LogP contribution in [-0.4, -0.2) is 16.0 Å². The van der Waals surface area contributed by atoms with Crippen molar-refractivity contribution in [1.29, 1.82) is 0 Å². The summed E-state index contributed by atoms with van der Waals surface area (Å²) in [4.78, 5) is 0.291. The van der Waals surface area contributed by atoms with Crippen LogP contribution in [0.3, 0.4) is 0 Å². The first-order valence-corrected chi connectivity index (χ1v) is 4.92. The molecule has 0 saturated carbocycles. The van der Waals surface area contributed by atoms with Crippen molar-refractivity contribution >= 4 is 15.9 Å². The van der Waals surface area contributed by atoms with Crippen LogP contribution in [0.25, 0.3) is 0 Å². The molecule has 0 fully saturated rings. The minimum Gasteiger partial charge on any atom is -0.392 e. The summed E-state index contributed by atoms with van der Waals surface area (Å²) in [5.74, 6) is 0. The number of unbranched alkanes of at least 4 members (excludes halogenated alkanes) is 2. The highest BCUT2D eigenvalue weighted by atomic mass is 79.9. The smallest absolute Gasteiger partial charge is 0.0637 e. The normalized spacial score (nSPS) is 16.8. The molecule has 0 aliphatic rings. The van der Waals surface area contributed by atoms with Crippen LogP contribution in [0.5, 0.6) is 0 Å². The van der Waals surface area contributed by atoms with Crippen molar-refractivity contribution in [2.45, 2.75) is 50.5 Å². The van der Waals surface area contributed by atoms with E-state index in [1.807, 2.05) is 6.92 Å². The van der Waals surface area contributed by atoms with E-state index in [1.165, 1.54) is 19.3 Å². The lowest BCUT2D eigenvalue weighted by Gasteiger charge is -2.11. The summed E-state index contributed by atoms with van der Waals surface area (Å²) < 4.78 is 0. The van der Waals surface area contributed by atoms with Gasteiger partial charge in [-0.1, -0.05) is 42.1 Å². The first kappa shape index (κ1) is 10.4. The van der Waals surface area contributed by atoms with E-state index in [2.05, 4.69) is 22.9 Å². The number of hydrogen-bond donors (Lipinski definition) is 1. The van der Waals surface area contributed by atoms with Crippen LogP contribution in [-0.2, 0) is 0 Å². The maximum atomic E-state index is 9.07. The largest absolute Gasteiger partial charge is 0.392 e. The van der Waals surface area contributed by atoms with Gasteiger partial charge in [-0.05, 0) is 13.3 Å². The zero-order valence-electron chi connectivity index (χ0n) is 6.81. The van der Waals surface area contributed by atoms with E-state index >= 15 is 0 Å². The molecule has 0 radical (unpaired) electrons. The van der Waals surface area contributed by atoms with Gasteiger partial charge in [0.2, 0.25) is 0 Å². The molecule has 0 rings (SSSR count). The third-order valence-corrected chi connectivity index (χ3v) is 2.83. The van der Waals surface area contributed by atoms with Crippen molar-refractivity contribution in [1.82, 2.24) is 0 Å². The third-order valence-electron chi connectivity index (χ3n) is 1.61. The van der Waals surface area contributed by atoms with Gasteiger partial charge in [-0.2, -0.15) is 0 Å². The summed E-state index contributed by atoms with van der Waals surface area (Å²) in [6, 6.07) is 0. The van der Waals surface area contributed by atoms with E-state index in [1.54, 1.807) is 0 Å². The summed E-state index contributed by atoms with van der Waals surface area (Å²) in [6.45, 7) is 4.01. The maximum absolute atomic E-state index is 9.07. The molecule has 10 heavy (non-hydrogen) atoms. The Labute approximate surface area is 72.0 Å². The van der Waals surface area contributed by atoms with Crippen molar-refractivity contribution in [2.24, 2.45) is 0 Å². The van der Waals surface area contributed by atoms with Crippen LogP contribution in [0.4, 0.5) is 0 Å². The summed E-state index contributed by atoms with van der Waals surface area (Å²) in [7, 11) is 0. The number of rotatable bonds is 5. The lowest BCUT2D eigenvalue weighted by Crippen LogP contribution is -2.15. The molecule has 0 spiro atoms. The maximum Gasteiger partial charge on any atom is 0.0637 e. The third kappa shape index (κ3) is 5.24. The first-order chi connectivity index (χ1) is 4.68. The minimum atomic E-state index is -0.211. The Morgan fingerprint density at radius 2 is 2.00 bits per heavy atom. The summed E-state index contributed by atoms with van der Waals surface area (Å²) >= 11 is 3.42. The molecule has 1 nitrogen and oxygen atoms in total. The van der Waals surface area contributed by atoms with Crippen LogP contribution in [0.1, 0.15) is 39.5 Å². The second-order valence-electron chi connectivity index (χ2n) is 2.75. The fourth-order valence-corrected chi connectivity index (χ4v) is 1.15. The standard InChI is InChI=1S/C8H17BrO/c1-3-4-5-6-8(9)7(2)10/h7-8,10H,3-6H2,1-2H3/t7-,8-/m1/s1. The SMILES string of the molecule is CCCCC[C@@H](Br)[C@@H](C)O. The molecule has 62 valence electrons. The molecule has 0 bridgehead atoms. The molecule has 0 saturated heterocycles. The quantitative estimate of drug-likeness (QED) is 0.545. The van der Waals surface area contributed by atoms with E-state index in [-0.39, 0.29) is 6.10 Å². The molecule has 2 heteroatoms. The van der Waals surface area contributed by atoms with Crippen molar-refractivity contribution in [3.8, 4) is 0 Å². The van der Waals surface area contributed by atoms with Gasteiger partial charge >= 0.3 is 0 Å². The van der Waals surface area contributed by atoms with E-state index < -0.39 is 0 Å². The molecule has 0 unspecified atom stereocenters. The minimum absolute atomic E-state index is 0.211.